The van der Waals surface area contributed by atoms with Crippen LogP contribution in [0.5, 0.6) is 0 Å². The van der Waals surface area contributed by atoms with Crippen LogP contribution in [-0.4, -0.2) is 75.8 Å². The van der Waals surface area contributed by atoms with Crippen molar-refractivity contribution in [1.82, 2.24) is 10.2 Å². The number of ether oxygens (including phenoxy) is 1. The Balaban J connectivity index is 5.41. The van der Waals surface area contributed by atoms with E-state index in [9.17, 15) is 28.8 Å². The summed E-state index contributed by atoms with van der Waals surface area (Å²) < 4.78 is 4.93. The maximum Gasteiger partial charge on any atom is 0.326 e. The highest BCUT2D eigenvalue weighted by Gasteiger charge is 2.32. The fraction of sp³-hybridized carbons (Fsp3) is 0.684. The van der Waals surface area contributed by atoms with Gasteiger partial charge in [0, 0.05) is 25.0 Å². The minimum absolute atomic E-state index is 0.0675. The van der Waals surface area contributed by atoms with Gasteiger partial charge in [-0.25, -0.2) is 0 Å². The molecular formula is C19H31N3O8S. The van der Waals surface area contributed by atoms with Crippen LogP contribution in [0.4, 0.5) is 0 Å². The Labute approximate surface area is 185 Å². The highest BCUT2D eigenvalue weighted by Crippen LogP contribution is 2.11. The number of thioether (sulfide) groups is 1. The van der Waals surface area contributed by atoms with Crippen molar-refractivity contribution >= 4 is 46.5 Å². The fourth-order valence-corrected chi connectivity index (χ4v) is 2.97. The van der Waals surface area contributed by atoms with Crippen molar-refractivity contribution in [3.05, 3.63) is 0 Å². The maximum atomic E-state index is 13.0. The Bertz CT molecular complexity index is 671. The third-order valence-corrected chi connectivity index (χ3v) is 5.07. The molecule has 3 amide bonds. The first kappa shape index (κ1) is 28.5. The van der Waals surface area contributed by atoms with Crippen LogP contribution in [-0.2, 0) is 33.5 Å². The average Bonchev–Trinajstić information content (AvgIpc) is 2.75. The predicted molar refractivity (Wildman–Crippen MR) is 113 cm³/mol. The van der Waals surface area contributed by atoms with E-state index in [1.807, 2.05) is 0 Å². The minimum Gasteiger partial charge on any atom is -0.480 e. The van der Waals surface area contributed by atoms with Gasteiger partial charge in [0.1, 0.15) is 18.6 Å². The first-order valence-corrected chi connectivity index (χ1v) is 11.0. The van der Waals surface area contributed by atoms with Crippen LogP contribution in [0.25, 0.3) is 0 Å². The number of hydrogen-bond acceptors (Lipinski definition) is 9. The van der Waals surface area contributed by atoms with Crippen molar-refractivity contribution in [1.29, 1.82) is 0 Å². The van der Waals surface area contributed by atoms with Gasteiger partial charge < -0.3 is 20.9 Å². The lowest BCUT2D eigenvalue weighted by Gasteiger charge is -2.25. The number of imide groups is 1. The van der Waals surface area contributed by atoms with Gasteiger partial charge in [-0.2, -0.15) is 0 Å². The van der Waals surface area contributed by atoms with E-state index in [-0.39, 0.29) is 43.2 Å². The lowest BCUT2D eigenvalue weighted by molar-refractivity contribution is -0.156. The summed E-state index contributed by atoms with van der Waals surface area (Å²) in [6.07, 6.45) is 0.262. The van der Waals surface area contributed by atoms with E-state index in [1.54, 1.807) is 13.8 Å². The van der Waals surface area contributed by atoms with Crippen molar-refractivity contribution in [2.75, 3.05) is 18.9 Å². The number of nitrogens with zero attached hydrogens (tertiary/aromatic N) is 1. The molecule has 0 aliphatic rings. The zero-order valence-corrected chi connectivity index (χ0v) is 18.9. The molecule has 0 radical (unpaired) electrons. The lowest BCUT2D eigenvalue weighted by Crippen LogP contribution is -2.53. The van der Waals surface area contributed by atoms with Gasteiger partial charge in [-0.05, 0) is 12.8 Å². The van der Waals surface area contributed by atoms with Gasteiger partial charge in [0.05, 0.1) is 6.61 Å². The molecule has 12 heteroatoms. The second-order valence-corrected chi connectivity index (χ2v) is 7.61. The van der Waals surface area contributed by atoms with E-state index in [4.69, 9.17) is 15.6 Å². The SMILES string of the molecule is CCCOC(=O)CN(C(=O)CC)C(=O)C(CSC(=O)CC)NC(=O)CCC(N)C(=O)O. The minimum atomic E-state index is -1.27. The van der Waals surface area contributed by atoms with Gasteiger partial charge in [-0.1, -0.05) is 32.5 Å². The van der Waals surface area contributed by atoms with E-state index in [0.29, 0.717) is 11.3 Å². The standard InChI is InChI=1S/C19H31N3O8S/c1-4-9-30-16(25)10-22(15(24)5-2)18(27)13(11-31-17(26)6-3)21-14(23)8-7-12(20)19(28)29/h12-13H,4-11,20H2,1-3H3,(H,21,23)(H,28,29). The van der Waals surface area contributed by atoms with Gasteiger partial charge >= 0.3 is 11.9 Å². The Morgan fingerprint density at radius 2 is 1.74 bits per heavy atom. The van der Waals surface area contributed by atoms with Crippen molar-refractivity contribution in [3.8, 4) is 0 Å². The molecule has 11 nitrogen and oxygen atoms in total. The van der Waals surface area contributed by atoms with Crippen LogP contribution in [0.15, 0.2) is 0 Å². The summed E-state index contributed by atoms with van der Waals surface area (Å²) in [7, 11) is 0. The molecule has 4 N–H and O–H groups in total. The van der Waals surface area contributed by atoms with Crippen LogP contribution >= 0.6 is 11.8 Å². The second-order valence-electron chi connectivity index (χ2n) is 6.53. The Morgan fingerprint density at radius 3 is 2.26 bits per heavy atom. The normalized spacial score (nSPS) is 12.4. The number of carboxylic acids is 1. The van der Waals surface area contributed by atoms with Gasteiger partial charge in [-0.15, -0.1) is 0 Å². The van der Waals surface area contributed by atoms with E-state index in [0.717, 1.165) is 11.8 Å². The van der Waals surface area contributed by atoms with Gasteiger partial charge in [0.15, 0.2) is 5.12 Å². The first-order valence-electron chi connectivity index (χ1n) is 10.00. The number of carboxylic acid groups (broad SMARTS) is 1. The Morgan fingerprint density at radius 1 is 1.10 bits per heavy atom. The average molecular weight is 462 g/mol. The summed E-state index contributed by atoms with van der Waals surface area (Å²) >= 11 is 0.806. The number of esters is 1. The summed E-state index contributed by atoms with van der Waals surface area (Å²) in [6, 6.07) is -2.52. The molecule has 0 saturated carbocycles. The molecule has 0 aromatic rings. The lowest BCUT2D eigenvalue weighted by atomic mass is 10.1. The maximum absolute atomic E-state index is 13.0. The molecule has 2 unspecified atom stereocenters. The third-order valence-electron chi connectivity index (χ3n) is 3.96. The van der Waals surface area contributed by atoms with E-state index >= 15 is 0 Å². The number of hydrogen-bond donors (Lipinski definition) is 3. The fourth-order valence-electron chi connectivity index (χ4n) is 2.19. The number of nitrogens with one attached hydrogen (secondary N) is 1. The molecule has 176 valence electrons. The molecule has 0 aromatic carbocycles. The van der Waals surface area contributed by atoms with Crippen molar-refractivity contribution in [2.45, 2.75) is 65.0 Å². The quantitative estimate of drug-likeness (QED) is 0.300. The molecule has 0 bridgehead atoms. The molecule has 2 atom stereocenters. The Kier molecular flexibility index (Phi) is 14.1. The highest BCUT2D eigenvalue weighted by molar-refractivity contribution is 8.13. The molecule has 0 aliphatic carbocycles. The first-order chi connectivity index (χ1) is 14.6. The summed E-state index contributed by atoms with van der Waals surface area (Å²) in [5.74, 6) is -4.36. The van der Waals surface area contributed by atoms with Crippen LogP contribution in [0.1, 0.15) is 52.9 Å². The predicted octanol–water partition coefficient (Wildman–Crippen LogP) is 0.0515. The van der Waals surface area contributed by atoms with Crippen molar-refractivity contribution in [3.63, 3.8) is 0 Å². The van der Waals surface area contributed by atoms with E-state index in [1.165, 1.54) is 6.92 Å². The van der Waals surface area contributed by atoms with Crippen LogP contribution in [0.3, 0.4) is 0 Å². The number of aliphatic carboxylic acids is 1. The monoisotopic (exact) mass is 461 g/mol. The van der Waals surface area contributed by atoms with Gasteiger partial charge in [-0.3, -0.25) is 33.7 Å². The van der Waals surface area contributed by atoms with Gasteiger partial charge in [0.2, 0.25) is 11.8 Å². The third kappa shape index (κ3) is 11.5. The van der Waals surface area contributed by atoms with Crippen LogP contribution in [0.2, 0.25) is 0 Å². The number of rotatable bonds is 14. The molecule has 0 fully saturated rings. The van der Waals surface area contributed by atoms with Gasteiger partial charge in [0.25, 0.3) is 5.91 Å². The zero-order valence-electron chi connectivity index (χ0n) is 18.0. The molecule has 0 aliphatic heterocycles. The second kappa shape index (κ2) is 15.3. The topological polar surface area (TPSA) is 173 Å². The molecule has 31 heavy (non-hydrogen) atoms. The van der Waals surface area contributed by atoms with E-state index < -0.39 is 48.3 Å². The molecular weight excluding hydrogens is 430 g/mol. The molecule has 0 aromatic heterocycles. The molecule has 0 saturated heterocycles. The number of amides is 3. The summed E-state index contributed by atoms with van der Waals surface area (Å²) in [5, 5.41) is 11.0. The number of carbonyl (C=O) groups excluding carboxylic acids is 5. The molecule has 0 rings (SSSR count). The summed E-state index contributed by atoms with van der Waals surface area (Å²) in [5.41, 5.74) is 5.37. The smallest absolute Gasteiger partial charge is 0.326 e. The van der Waals surface area contributed by atoms with Crippen LogP contribution < -0.4 is 11.1 Å². The van der Waals surface area contributed by atoms with Crippen LogP contribution in [0, 0.1) is 0 Å². The summed E-state index contributed by atoms with van der Waals surface area (Å²) in [4.78, 5) is 72.6. The number of nitrogens with two attached hydrogens (primary N) is 1. The van der Waals surface area contributed by atoms with E-state index in [2.05, 4.69) is 5.32 Å². The highest BCUT2D eigenvalue weighted by atomic mass is 32.2. The molecule has 0 heterocycles. The number of carbonyl (C=O) groups is 6. The van der Waals surface area contributed by atoms with Crippen molar-refractivity contribution < 1.29 is 38.6 Å². The molecule has 0 spiro atoms. The Hall–Kier alpha value is -2.47. The zero-order chi connectivity index (χ0) is 24.0. The van der Waals surface area contributed by atoms with Crippen molar-refractivity contribution in [2.24, 2.45) is 5.73 Å². The summed E-state index contributed by atoms with van der Waals surface area (Å²) in [6.45, 7) is 4.45. The largest absolute Gasteiger partial charge is 0.480 e.